The third kappa shape index (κ3) is 7.03. The molecule has 0 atom stereocenters. The highest BCUT2D eigenvalue weighted by Gasteiger charge is 2.02. The maximum absolute atomic E-state index is 10.8. The largest absolute Gasteiger partial charge is 0.369 e. The topological polar surface area (TPSA) is 69.1 Å². The molecule has 0 saturated heterocycles. The van der Waals surface area contributed by atoms with Gasteiger partial charge in [-0.3, -0.25) is 4.79 Å². The third-order valence-electron chi connectivity index (χ3n) is 2.37. The van der Waals surface area contributed by atoms with Crippen molar-refractivity contribution >= 4 is 22.6 Å². The molecule has 1 amide bonds. The number of nitrogens with two attached hydrogens (primary N) is 2. The quantitative estimate of drug-likeness (QED) is 0.786. The molecule has 0 unspecified atom stereocenters. The fourth-order valence-corrected chi connectivity index (χ4v) is 2.13. The van der Waals surface area contributed by atoms with Gasteiger partial charge >= 0.3 is 0 Å². The average Bonchev–Trinajstić information content (AvgIpc) is 2.45. The zero-order chi connectivity index (χ0) is 14.7. The van der Waals surface area contributed by atoms with Crippen LogP contribution in [0.2, 0.25) is 0 Å². The van der Waals surface area contributed by atoms with E-state index < -0.39 is 0 Å². The fraction of sp³-hybridized carbons (Fsp3) is 0.400. The van der Waals surface area contributed by atoms with E-state index in [1.165, 1.54) is 17.3 Å². The summed E-state index contributed by atoms with van der Waals surface area (Å²) in [6.07, 6.45) is 3.10. The van der Waals surface area contributed by atoms with Crippen molar-refractivity contribution in [2.24, 2.45) is 11.5 Å². The predicted molar refractivity (Wildman–Crippen MR) is 85.6 cm³/mol. The summed E-state index contributed by atoms with van der Waals surface area (Å²) in [4.78, 5) is 11.8. The van der Waals surface area contributed by atoms with E-state index in [2.05, 4.69) is 19.1 Å². The molecule has 4 N–H and O–H groups in total. The van der Waals surface area contributed by atoms with Crippen LogP contribution in [0.15, 0.2) is 30.3 Å². The Labute approximate surface area is 120 Å². The van der Waals surface area contributed by atoms with Crippen molar-refractivity contribution in [3.63, 3.8) is 0 Å². The Morgan fingerprint density at radius 2 is 1.84 bits per heavy atom. The second-order valence-corrected chi connectivity index (χ2v) is 4.66. The Bertz CT molecular complexity index is 399. The van der Waals surface area contributed by atoms with Gasteiger partial charge in [0.2, 0.25) is 5.91 Å². The van der Waals surface area contributed by atoms with Gasteiger partial charge in [0.15, 0.2) is 0 Å². The van der Waals surface area contributed by atoms with Crippen molar-refractivity contribution in [1.82, 2.24) is 0 Å². The second kappa shape index (κ2) is 10.6. The second-order valence-electron chi connectivity index (χ2n) is 3.60. The van der Waals surface area contributed by atoms with Gasteiger partial charge in [0.25, 0.3) is 0 Å². The van der Waals surface area contributed by atoms with E-state index >= 15 is 0 Å². The summed E-state index contributed by atoms with van der Waals surface area (Å²) in [5.41, 5.74) is 13.0. The molecule has 0 fully saturated rings. The zero-order valence-corrected chi connectivity index (χ0v) is 12.8. The van der Waals surface area contributed by atoms with E-state index in [1.54, 1.807) is 0 Å². The molecule has 0 saturated carbocycles. The first-order chi connectivity index (χ1) is 9.17. The van der Waals surface area contributed by atoms with Gasteiger partial charge < -0.3 is 11.5 Å². The number of hydrogen-bond donors (Lipinski definition) is 2. The Kier molecular flexibility index (Phi) is 9.94. The summed E-state index contributed by atoms with van der Waals surface area (Å²) < 4.78 is 0. The molecule has 0 aliphatic rings. The van der Waals surface area contributed by atoms with Crippen LogP contribution in [0.4, 0.5) is 0 Å². The van der Waals surface area contributed by atoms with Gasteiger partial charge in [-0.1, -0.05) is 51.1 Å². The molecule has 4 heteroatoms. The summed E-state index contributed by atoms with van der Waals surface area (Å²) in [7, 11) is 0. The highest BCUT2D eigenvalue weighted by molar-refractivity contribution is 8.08. The highest BCUT2D eigenvalue weighted by atomic mass is 32.2. The third-order valence-corrected chi connectivity index (χ3v) is 3.25. The lowest BCUT2D eigenvalue weighted by atomic mass is 10.1. The monoisotopic (exact) mass is 280 g/mol. The number of benzene rings is 1. The first-order valence-corrected chi connectivity index (χ1v) is 7.56. The molecule has 3 nitrogen and oxygen atoms in total. The number of aryl methyl sites for hydroxylation is 1. The summed E-state index contributed by atoms with van der Waals surface area (Å²) in [5.74, 6) is 0.158. The van der Waals surface area contributed by atoms with Gasteiger partial charge in [0.05, 0.1) is 0 Å². The minimum Gasteiger partial charge on any atom is -0.369 e. The Morgan fingerprint density at radius 1 is 1.26 bits per heavy atom. The zero-order valence-electron chi connectivity index (χ0n) is 12.0. The van der Waals surface area contributed by atoms with Gasteiger partial charge in [0.1, 0.15) is 0 Å². The lowest BCUT2D eigenvalue weighted by Crippen LogP contribution is -2.08. The molecule has 106 valence electrons. The van der Waals surface area contributed by atoms with Crippen molar-refractivity contribution in [2.45, 2.75) is 33.6 Å². The van der Waals surface area contributed by atoms with Crippen molar-refractivity contribution in [3.8, 4) is 0 Å². The van der Waals surface area contributed by atoms with Crippen molar-refractivity contribution in [2.75, 3.05) is 5.88 Å². The van der Waals surface area contributed by atoms with Crippen LogP contribution < -0.4 is 11.5 Å². The summed E-state index contributed by atoms with van der Waals surface area (Å²) in [6, 6.07) is 8.28. The molecule has 1 aromatic rings. The SMILES string of the molecule is CC.CCc1ccc(/C(=C/CC(N)=O)SCN)cc1. The normalized spacial score (nSPS) is 10.6. The number of carbonyl (C=O) groups is 1. The van der Waals surface area contributed by atoms with Crippen LogP contribution in [-0.4, -0.2) is 11.8 Å². The highest BCUT2D eigenvalue weighted by Crippen LogP contribution is 2.27. The van der Waals surface area contributed by atoms with Crippen molar-refractivity contribution in [1.29, 1.82) is 0 Å². The molecule has 0 radical (unpaired) electrons. The van der Waals surface area contributed by atoms with Gasteiger partial charge in [-0.2, -0.15) is 0 Å². The summed E-state index contributed by atoms with van der Waals surface area (Å²) in [5, 5.41) is 0. The van der Waals surface area contributed by atoms with E-state index in [4.69, 9.17) is 11.5 Å². The molecule has 19 heavy (non-hydrogen) atoms. The number of rotatable bonds is 6. The number of thioether (sulfide) groups is 1. The molecule has 0 aromatic heterocycles. The molecule has 0 heterocycles. The van der Waals surface area contributed by atoms with Crippen LogP contribution in [0, 0.1) is 0 Å². The maximum atomic E-state index is 10.8. The minimum atomic E-state index is -0.328. The van der Waals surface area contributed by atoms with Crippen LogP contribution in [0.25, 0.3) is 4.91 Å². The van der Waals surface area contributed by atoms with Crippen molar-refractivity contribution in [3.05, 3.63) is 41.5 Å². The molecular formula is C15H24N2OS. The van der Waals surface area contributed by atoms with E-state index in [9.17, 15) is 4.79 Å². The van der Waals surface area contributed by atoms with E-state index in [-0.39, 0.29) is 12.3 Å². The molecule has 0 aliphatic carbocycles. The number of primary amides is 1. The molecule has 1 rings (SSSR count). The van der Waals surface area contributed by atoms with E-state index in [0.29, 0.717) is 5.88 Å². The lowest BCUT2D eigenvalue weighted by Gasteiger charge is -2.07. The van der Waals surface area contributed by atoms with Crippen LogP contribution in [0.3, 0.4) is 0 Å². The Balaban J connectivity index is 0.00000154. The summed E-state index contributed by atoms with van der Waals surface area (Å²) in [6.45, 7) is 6.12. The number of carbonyl (C=O) groups excluding carboxylic acids is 1. The smallest absolute Gasteiger partial charge is 0.221 e. The maximum Gasteiger partial charge on any atom is 0.221 e. The Hall–Kier alpha value is -1.26. The predicted octanol–water partition coefficient (Wildman–Crippen LogP) is 3.14. The number of hydrogen-bond acceptors (Lipinski definition) is 3. The van der Waals surface area contributed by atoms with Crippen LogP contribution in [0.5, 0.6) is 0 Å². The van der Waals surface area contributed by atoms with Crippen molar-refractivity contribution < 1.29 is 4.79 Å². The molecule has 0 bridgehead atoms. The summed E-state index contributed by atoms with van der Waals surface area (Å²) >= 11 is 1.52. The van der Waals surface area contributed by atoms with Crippen LogP contribution in [0.1, 0.15) is 38.3 Å². The van der Waals surface area contributed by atoms with Gasteiger partial charge in [-0.25, -0.2) is 0 Å². The number of amides is 1. The van der Waals surface area contributed by atoms with Gasteiger partial charge in [-0.05, 0) is 17.5 Å². The van der Waals surface area contributed by atoms with Crippen LogP contribution >= 0.6 is 11.8 Å². The molecular weight excluding hydrogens is 256 g/mol. The minimum absolute atomic E-state index is 0.248. The van der Waals surface area contributed by atoms with Crippen LogP contribution in [-0.2, 0) is 11.2 Å². The fourth-order valence-electron chi connectivity index (χ4n) is 1.45. The average molecular weight is 280 g/mol. The molecule has 0 spiro atoms. The first kappa shape index (κ1) is 17.7. The molecule has 1 aromatic carbocycles. The van der Waals surface area contributed by atoms with E-state index in [0.717, 1.165) is 16.9 Å². The lowest BCUT2D eigenvalue weighted by molar-refractivity contribution is -0.117. The van der Waals surface area contributed by atoms with Gasteiger partial charge in [0, 0.05) is 17.2 Å². The van der Waals surface area contributed by atoms with E-state index in [1.807, 2.05) is 32.1 Å². The first-order valence-electron chi connectivity index (χ1n) is 6.58. The molecule has 0 aliphatic heterocycles. The standard InChI is InChI=1S/C13H18N2OS.C2H6/c1-2-10-3-5-11(6-4-10)12(17-9-14)7-8-13(15)16;1-2/h3-7H,2,8-9,14H2,1H3,(H2,15,16);1-2H3/b12-7-;. The van der Waals surface area contributed by atoms with Gasteiger partial charge in [-0.15, -0.1) is 11.8 Å². The Morgan fingerprint density at radius 3 is 2.26 bits per heavy atom.